The van der Waals surface area contributed by atoms with Gasteiger partial charge >= 0.3 is 0 Å². The summed E-state index contributed by atoms with van der Waals surface area (Å²) in [5.41, 5.74) is 3.03. The molecule has 0 radical (unpaired) electrons. The fourth-order valence-electron chi connectivity index (χ4n) is 1.93. The molecule has 1 N–H and O–H groups in total. The Kier molecular flexibility index (Phi) is 7.12. The van der Waals surface area contributed by atoms with E-state index in [9.17, 15) is 9.18 Å². The first kappa shape index (κ1) is 19.6. The van der Waals surface area contributed by atoms with Gasteiger partial charge in [-0.15, -0.1) is 0 Å². The van der Waals surface area contributed by atoms with Gasteiger partial charge in [0.25, 0.3) is 5.91 Å². The molecule has 0 saturated heterocycles. The molecule has 0 atom stereocenters. The molecule has 0 saturated carbocycles. The van der Waals surface area contributed by atoms with Crippen LogP contribution in [0.15, 0.2) is 35.4 Å². The minimum absolute atomic E-state index is 0.149. The lowest BCUT2D eigenvalue weighted by Gasteiger charge is -2.09. The zero-order valence-electron chi connectivity index (χ0n) is 13.0. The van der Waals surface area contributed by atoms with Gasteiger partial charge in [-0.1, -0.05) is 0 Å². The molecule has 8 heteroatoms. The van der Waals surface area contributed by atoms with Gasteiger partial charge in [0, 0.05) is 0 Å². The van der Waals surface area contributed by atoms with E-state index >= 15 is 0 Å². The van der Waals surface area contributed by atoms with E-state index in [2.05, 4.69) is 55.7 Å². The van der Waals surface area contributed by atoms with Crippen molar-refractivity contribution in [2.75, 3.05) is 6.61 Å². The first-order valence-electron chi connectivity index (χ1n) is 7.11. The van der Waals surface area contributed by atoms with E-state index in [0.29, 0.717) is 6.61 Å². The van der Waals surface area contributed by atoms with Gasteiger partial charge in [-0.05, 0) is 88.0 Å². The minimum atomic E-state index is -0.767. The topological polar surface area (TPSA) is 74.5 Å². The average Bonchev–Trinajstić information content (AvgIpc) is 2.57. The lowest BCUT2D eigenvalue weighted by Crippen LogP contribution is -2.19. The SMILES string of the molecule is CCOc1c(I)cc(/C=N\NC(=O)c2ccc(C#N)cc2F)cc1I. The Bertz CT molecular complexity index is 856. The molecule has 2 aromatic carbocycles. The molecule has 0 aromatic heterocycles. The number of ether oxygens (including phenoxy) is 1. The van der Waals surface area contributed by atoms with E-state index in [1.165, 1.54) is 18.3 Å². The van der Waals surface area contributed by atoms with Gasteiger partial charge in [0.15, 0.2) is 0 Å². The zero-order valence-corrected chi connectivity index (χ0v) is 17.3. The van der Waals surface area contributed by atoms with E-state index in [1.807, 2.05) is 25.1 Å². The standard InChI is InChI=1S/C17H12FI2N3O2/c1-2-25-16-14(19)6-11(7-15(16)20)9-22-23-17(24)12-4-3-10(8-21)5-13(12)18/h3-7,9H,2H2,1H3,(H,23,24)/b22-9-. The highest BCUT2D eigenvalue weighted by molar-refractivity contribution is 14.1. The Balaban J connectivity index is 2.11. The number of nitrogens with one attached hydrogen (secondary N) is 1. The van der Waals surface area contributed by atoms with Crippen molar-refractivity contribution in [1.29, 1.82) is 5.26 Å². The van der Waals surface area contributed by atoms with Crippen LogP contribution in [0.5, 0.6) is 5.75 Å². The van der Waals surface area contributed by atoms with Crippen LogP contribution in [-0.4, -0.2) is 18.7 Å². The maximum atomic E-state index is 13.8. The van der Waals surface area contributed by atoms with Crippen molar-refractivity contribution in [1.82, 2.24) is 5.43 Å². The molecule has 2 rings (SSSR count). The second kappa shape index (κ2) is 9.10. The normalized spacial score (nSPS) is 10.5. The molecule has 0 spiro atoms. The summed E-state index contributed by atoms with van der Waals surface area (Å²) in [6.45, 7) is 2.49. The number of rotatable bonds is 5. The Hall–Kier alpha value is -1.74. The predicted molar refractivity (Wildman–Crippen MR) is 109 cm³/mol. The predicted octanol–water partition coefficient (Wildman–Crippen LogP) is 4.07. The lowest BCUT2D eigenvalue weighted by atomic mass is 10.1. The van der Waals surface area contributed by atoms with Gasteiger partial charge in [0.05, 0.1) is 37.2 Å². The lowest BCUT2D eigenvalue weighted by molar-refractivity contribution is 0.0951. The first-order valence-corrected chi connectivity index (χ1v) is 9.27. The Labute approximate surface area is 171 Å². The molecule has 0 aliphatic rings. The fourth-order valence-corrected chi connectivity index (χ4v) is 4.06. The number of hydrogen-bond donors (Lipinski definition) is 1. The van der Waals surface area contributed by atoms with Crippen molar-refractivity contribution < 1.29 is 13.9 Å². The van der Waals surface area contributed by atoms with Gasteiger partial charge < -0.3 is 4.74 Å². The highest BCUT2D eigenvalue weighted by Crippen LogP contribution is 2.28. The minimum Gasteiger partial charge on any atom is -0.492 e. The summed E-state index contributed by atoms with van der Waals surface area (Å²) in [7, 11) is 0. The molecule has 0 unspecified atom stereocenters. The number of nitriles is 1. The number of benzene rings is 2. The van der Waals surface area contributed by atoms with Gasteiger partial charge in [-0.3, -0.25) is 4.79 Å². The van der Waals surface area contributed by atoms with Crippen LogP contribution in [0, 0.1) is 24.3 Å². The molecule has 0 aliphatic heterocycles. The van der Waals surface area contributed by atoms with Crippen molar-refractivity contribution in [3.05, 3.63) is 60.0 Å². The van der Waals surface area contributed by atoms with Gasteiger partial charge in [0.1, 0.15) is 11.6 Å². The van der Waals surface area contributed by atoms with Crippen molar-refractivity contribution in [3.8, 4) is 11.8 Å². The number of nitrogens with zero attached hydrogens (tertiary/aromatic N) is 2. The molecule has 5 nitrogen and oxygen atoms in total. The molecule has 0 heterocycles. The summed E-state index contributed by atoms with van der Waals surface area (Å²) in [6, 6.07) is 9.18. The van der Waals surface area contributed by atoms with Crippen LogP contribution < -0.4 is 10.2 Å². The van der Waals surface area contributed by atoms with E-state index in [-0.39, 0.29) is 11.1 Å². The maximum absolute atomic E-state index is 13.8. The van der Waals surface area contributed by atoms with E-state index in [4.69, 9.17) is 10.00 Å². The van der Waals surface area contributed by atoms with Crippen LogP contribution in [0.3, 0.4) is 0 Å². The van der Waals surface area contributed by atoms with Crippen LogP contribution in [0.1, 0.15) is 28.4 Å². The van der Waals surface area contributed by atoms with Gasteiger partial charge in [0.2, 0.25) is 0 Å². The molecular weight excluding hydrogens is 551 g/mol. The number of halogens is 3. The molecule has 2 aromatic rings. The molecule has 25 heavy (non-hydrogen) atoms. The second-order valence-corrected chi connectivity index (χ2v) is 7.08. The Morgan fingerprint density at radius 1 is 1.36 bits per heavy atom. The van der Waals surface area contributed by atoms with Crippen LogP contribution >= 0.6 is 45.2 Å². The summed E-state index contributed by atoms with van der Waals surface area (Å²) < 4.78 is 21.2. The molecular formula is C17H12FI2N3O2. The summed E-state index contributed by atoms with van der Waals surface area (Å²) in [5.74, 6) is -0.643. The number of carbonyl (C=O) groups is 1. The van der Waals surface area contributed by atoms with E-state index < -0.39 is 11.7 Å². The monoisotopic (exact) mass is 563 g/mol. The van der Waals surface area contributed by atoms with Crippen LogP contribution in [-0.2, 0) is 0 Å². The van der Waals surface area contributed by atoms with E-state index in [0.717, 1.165) is 24.5 Å². The van der Waals surface area contributed by atoms with Gasteiger partial charge in [-0.25, -0.2) is 9.82 Å². The maximum Gasteiger partial charge on any atom is 0.274 e. The summed E-state index contributed by atoms with van der Waals surface area (Å²) in [6.07, 6.45) is 1.47. The number of hydrogen-bond acceptors (Lipinski definition) is 4. The van der Waals surface area contributed by atoms with Crippen molar-refractivity contribution in [2.45, 2.75) is 6.92 Å². The average molecular weight is 563 g/mol. The Morgan fingerprint density at radius 3 is 2.60 bits per heavy atom. The smallest absolute Gasteiger partial charge is 0.274 e. The highest BCUT2D eigenvalue weighted by atomic mass is 127. The largest absolute Gasteiger partial charge is 0.492 e. The van der Waals surface area contributed by atoms with Crippen molar-refractivity contribution in [2.24, 2.45) is 5.10 Å². The molecule has 1 amide bonds. The number of carbonyl (C=O) groups excluding carboxylic acids is 1. The summed E-state index contributed by atoms with van der Waals surface area (Å²) in [5, 5.41) is 12.6. The zero-order chi connectivity index (χ0) is 18.4. The summed E-state index contributed by atoms with van der Waals surface area (Å²) >= 11 is 4.33. The molecule has 0 bridgehead atoms. The summed E-state index contributed by atoms with van der Waals surface area (Å²) in [4.78, 5) is 12.0. The third kappa shape index (κ3) is 5.12. The van der Waals surface area contributed by atoms with Gasteiger partial charge in [-0.2, -0.15) is 10.4 Å². The van der Waals surface area contributed by atoms with Crippen LogP contribution in [0.2, 0.25) is 0 Å². The molecule has 0 fully saturated rings. The first-order chi connectivity index (χ1) is 12.0. The van der Waals surface area contributed by atoms with Crippen LogP contribution in [0.25, 0.3) is 0 Å². The fraction of sp³-hybridized carbons (Fsp3) is 0.118. The van der Waals surface area contributed by atoms with Crippen molar-refractivity contribution >= 4 is 57.3 Å². The number of amides is 1. The molecule has 128 valence electrons. The third-order valence-electron chi connectivity index (χ3n) is 3.03. The van der Waals surface area contributed by atoms with Crippen LogP contribution in [0.4, 0.5) is 4.39 Å². The highest BCUT2D eigenvalue weighted by Gasteiger charge is 2.12. The third-order valence-corrected chi connectivity index (χ3v) is 4.63. The number of hydrazone groups is 1. The second-order valence-electron chi connectivity index (χ2n) is 4.75. The quantitative estimate of drug-likeness (QED) is 0.339. The Morgan fingerprint density at radius 2 is 2.04 bits per heavy atom. The molecule has 0 aliphatic carbocycles. The van der Waals surface area contributed by atoms with E-state index in [1.54, 1.807) is 0 Å². The van der Waals surface area contributed by atoms with Crippen molar-refractivity contribution in [3.63, 3.8) is 0 Å².